The van der Waals surface area contributed by atoms with Crippen molar-refractivity contribution in [2.45, 2.75) is 6.42 Å². The Labute approximate surface area is 109 Å². The molecule has 2 heterocycles. The van der Waals surface area contributed by atoms with Crippen molar-refractivity contribution in [3.05, 3.63) is 29.6 Å². The molecular formula is C12H13N3O2S. The Bertz CT molecular complexity index is 497. The number of thiophene rings is 1. The van der Waals surface area contributed by atoms with Gasteiger partial charge in [-0.2, -0.15) is 0 Å². The van der Waals surface area contributed by atoms with Crippen molar-refractivity contribution in [3.8, 4) is 10.6 Å². The van der Waals surface area contributed by atoms with E-state index in [2.05, 4.69) is 20.3 Å². The number of methoxy groups -OCH3 is 1. The van der Waals surface area contributed by atoms with E-state index in [-0.39, 0.29) is 5.97 Å². The Hall–Kier alpha value is -1.95. The maximum atomic E-state index is 10.9. The molecule has 94 valence electrons. The SMILES string of the molecule is COC(=O)CCNc1ccc(-c2cccs2)nn1. The van der Waals surface area contributed by atoms with E-state index in [9.17, 15) is 4.79 Å². The van der Waals surface area contributed by atoms with Gasteiger partial charge < -0.3 is 10.1 Å². The molecule has 5 nitrogen and oxygen atoms in total. The van der Waals surface area contributed by atoms with Gasteiger partial charge in [0.15, 0.2) is 0 Å². The minimum absolute atomic E-state index is 0.245. The predicted molar refractivity (Wildman–Crippen MR) is 70.5 cm³/mol. The van der Waals surface area contributed by atoms with Gasteiger partial charge in [0, 0.05) is 6.54 Å². The van der Waals surface area contributed by atoms with Gasteiger partial charge >= 0.3 is 5.97 Å². The summed E-state index contributed by atoms with van der Waals surface area (Å²) in [4.78, 5) is 12.0. The number of ether oxygens (including phenoxy) is 1. The molecule has 0 unspecified atom stereocenters. The quantitative estimate of drug-likeness (QED) is 0.838. The fourth-order valence-electron chi connectivity index (χ4n) is 1.38. The minimum atomic E-state index is -0.245. The highest BCUT2D eigenvalue weighted by atomic mass is 32.1. The van der Waals surface area contributed by atoms with E-state index in [1.54, 1.807) is 11.3 Å². The monoisotopic (exact) mass is 263 g/mol. The molecule has 0 saturated carbocycles. The van der Waals surface area contributed by atoms with Gasteiger partial charge in [0.05, 0.1) is 18.4 Å². The summed E-state index contributed by atoms with van der Waals surface area (Å²) in [6, 6.07) is 7.72. The minimum Gasteiger partial charge on any atom is -0.469 e. The maximum Gasteiger partial charge on any atom is 0.307 e. The molecule has 0 saturated heterocycles. The van der Waals surface area contributed by atoms with Crippen LogP contribution in [0.4, 0.5) is 5.82 Å². The smallest absolute Gasteiger partial charge is 0.307 e. The summed E-state index contributed by atoms with van der Waals surface area (Å²) in [7, 11) is 1.37. The maximum absolute atomic E-state index is 10.9. The molecule has 2 aromatic rings. The normalized spacial score (nSPS) is 10.1. The Kier molecular flexibility index (Phi) is 4.25. The van der Waals surface area contributed by atoms with E-state index in [4.69, 9.17) is 0 Å². The zero-order valence-corrected chi connectivity index (χ0v) is 10.7. The number of rotatable bonds is 5. The van der Waals surface area contributed by atoms with Crippen LogP contribution < -0.4 is 5.32 Å². The second-order valence-electron chi connectivity index (χ2n) is 3.53. The first kappa shape index (κ1) is 12.5. The lowest BCUT2D eigenvalue weighted by Gasteiger charge is -2.04. The Morgan fingerprint density at radius 2 is 2.28 bits per heavy atom. The second-order valence-corrected chi connectivity index (χ2v) is 4.48. The van der Waals surface area contributed by atoms with Crippen LogP contribution in [0, 0.1) is 0 Å². The molecule has 0 radical (unpaired) electrons. The number of carbonyl (C=O) groups excluding carboxylic acids is 1. The predicted octanol–water partition coefficient (Wildman–Crippen LogP) is 2.18. The summed E-state index contributed by atoms with van der Waals surface area (Å²) in [5.74, 6) is 0.407. The van der Waals surface area contributed by atoms with Crippen molar-refractivity contribution in [3.63, 3.8) is 0 Å². The third kappa shape index (κ3) is 3.27. The molecule has 0 atom stereocenters. The fraction of sp³-hybridized carbons (Fsp3) is 0.250. The standard InChI is InChI=1S/C12H13N3O2S/c1-17-12(16)6-7-13-11-5-4-9(14-15-11)10-3-2-8-18-10/h2-5,8H,6-7H2,1H3,(H,13,15). The summed E-state index contributed by atoms with van der Waals surface area (Å²) in [5.41, 5.74) is 0.850. The Balaban J connectivity index is 1.90. The summed E-state index contributed by atoms with van der Waals surface area (Å²) < 4.78 is 4.54. The number of aromatic nitrogens is 2. The van der Waals surface area contributed by atoms with Gasteiger partial charge in [0.2, 0.25) is 0 Å². The van der Waals surface area contributed by atoms with Crippen LogP contribution in [0.1, 0.15) is 6.42 Å². The van der Waals surface area contributed by atoms with Crippen LogP contribution in [0.2, 0.25) is 0 Å². The van der Waals surface area contributed by atoms with E-state index in [0.717, 1.165) is 10.6 Å². The summed E-state index contributed by atoms with van der Waals surface area (Å²) in [5, 5.41) is 13.2. The summed E-state index contributed by atoms with van der Waals surface area (Å²) >= 11 is 1.62. The molecule has 2 aromatic heterocycles. The van der Waals surface area contributed by atoms with Gasteiger partial charge in [-0.15, -0.1) is 21.5 Å². The second kappa shape index (κ2) is 6.11. The van der Waals surface area contributed by atoms with E-state index in [1.807, 2.05) is 29.6 Å². The number of esters is 1. The molecule has 2 rings (SSSR count). The highest BCUT2D eigenvalue weighted by Gasteiger charge is 2.03. The van der Waals surface area contributed by atoms with E-state index < -0.39 is 0 Å². The Morgan fingerprint density at radius 3 is 2.89 bits per heavy atom. The van der Waals surface area contributed by atoms with Gasteiger partial charge in [-0.25, -0.2) is 0 Å². The molecule has 0 aliphatic rings. The molecule has 0 bridgehead atoms. The lowest BCUT2D eigenvalue weighted by atomic mass is 10.3. The highest BCUT2D eigenvalue weighted by molar-refractivity contribution is 7.13. The van der Waals surface area contributed by atoms with Crippen molar-refractivity contribution >= 4 is 23.1 Å². The highest BCUT2D eigenvalue weighted by Crippen LogP contribution is 2.22. The molecule has 0 aromatic carbocycles. The number of hydrogen-bond donors (Lipinski definition) is 1. The van der Waals surface area contributed by atoms with Crippen LogP contribution >= 0.6 is 11.3 Å². The van der Waals surface area contributed by atoms with E-state index >= 15 is 0 Å². The van der Waals surface area contributed by atoms with Gasteiger partial charge in [0.1, 0.15) is 11.5 Å². The first-order valence-corrected chi connectivity index (χ1v) is 6.36. The lowest BCUT2D eigenvalue weighted by molar-refractivity contribution is -0.140. The van der Waals surface area contributed by atoms with Crippen molar-refractivity contribution in [2.24, 2.45) is 0 Å². The average molecular weight is 263 g/mol. The molecule has 0 aliphatic carbocycles. The molecule has 1 N–H and O–H groups in total. The zero-order valence-electron chi connectivity index (χ0n) is 9.92. The van der Waals surface area contributed by atoms with Gasteiger partial charge in [-0.3, -0.25) is 4.79 Å². The average Bonchev–Trinajstić information content (AvgIpc) is 2.93. The van der Waals surface area contributed by atoms with Crippen LogP contribution in [-0.2, 0) is 9.53 Å². The van der Waals surface area contributed by atoms with Crippen LogP contribution in [0.25, 0.3) is 10.6 Å². The molecular weight excluding hydrogens is 250 g/mol. The Morgan fingerprint density at radius 1 is 1.39 bits per heavy atom. The number of anilines is 1. The molecule has 6 heteroatoms. The van der Waals surface area contributed by atoms with Crippen molar-refractivity contribution in [2.75, 3.05) is 19.0 Å². The van der Waals surface area contributed by atoms with E-state index in [1.165, 1.54) is 7.11 Å². The topological polar surface area (TPSA) is 64.1 Å². The van der Waals surface area contributed by atoms with Crippen molar-refractivity contribution in [1.82, 2.24) is 10.2 Å². The molecule has 18 heavy (non-hydrogen) atoms. The molecule has 0 spiro atoms. The van der Waals surface area contributed by atoms with Crippen molar-refractivity contribution in [1.29, 1.82) is 0 Å². The van der Waals surface area contributed by atoms with Gasteiger partial charge in [-0.05, 0) is 23.6 Å². The lowest BCUT2D eigenvalue weighted by Crippen LogP contribution is -2.10. The first-order valence-electron chi connectivity index (χ1n) is 5.48. The molecule has 0 fully saturated rings. The van der Waals surface area contributed by atoms with Crippen LogP contribution in [0.3, 0.4) is 0 Å². The van der Waals surface area contributed by atoms with Gasteiger partial charge in [0.25, 0.3) is 0 Å². The molecule has 0 amide bonds. The number of nitrogens with zero attached hydrogens (tertiary/aromatic N) is 2. The van der Waals surface area contributed by atoms with Crippen LogP contribution in [0.5, 0.6) is 0 Å². The van der Waals surface area contributed by atoms with Gasteiger partial charge in [-0.1, -0.05) is 6.07 Å². The summed E-state index contributed by atoms with van der Waals surface area (Å²) in [6.07, 6.45) is 0.310. The zero-order chi connectivity index (χ0) is 12.8. The molecule has 0 aliphatic heterocycles. The number of nitrogens with one attached hydrogen (secondary N) is 1. The summed E-state index contributed by atoms with van der Waals surface area (Å²) in [6.45, 7) is 0.486. The third-order valence-corrected chi connectivity index (χ3v) is 3.19. The van der Waals surface area contributed by atoms with Crippen LogP contribution in [-0.4, -0.2) is 29.8 Å². The third-order valence-electron chi connectivity index (χ3n) is 2.30. The van der Waals surface area contributed by atoms with Crippen LogP contribution in [0.15, 0.2) is 29.6 Å². The first-order chi connectivity index (χ1) is 8.79. The number of carbonyl (C=O) groups is 1. The largest absolute Gasteiger partial charge is 0.469 e. The number of hydrogen-bond acceptors (Lipinski definition) is 6. The fourth-order valence-corrected chi connectivity index (χ4v) is 2.07. The van der Waals surface area contributed by atoms with E-state index in [0.29, 0.717) is 18.8 Å². The van der Waals surface area contributed by atoms with Crippen molar-refractivity contribution < 1.29 is 9.53 Å².